The van der Waals surface area contributed by atoms with Gasteiger partial charge in [0.1, 0.15) is 0 Å². The molecule has 404 valence electrons. The Morgan fingerprint density at radius 2 is 0.768 bits per heavy atom. The molecule has 0 aromatic carbocycles. The summed E-state index contributed by atoms with van der Waals surface area (Å²) in [6.07, 6.45) is 73.9. The Morgan fingerprint density at radius 1 is 0.420 bits per heavy atom. The molecule has 2 atom stereocenters. The van der Waals surface area contributed by atoms with Crippen LogP contribution in [0.3, 0.4) is 0 Å². The number of allylic oxidation sites excluding steroid dienone is 8. The molecule has 0 rings (SSSR count). The van der Waals surface area contributed by atoms with Crippen LogP contribution < -0.4 is 5.32 Å². The number of aliphatic hydroxyl groups excluding tert-OH is 2. The van der Waals surface area contributed by atoms with Gasteiger partial charge in [-0.15, -0.1) is 0 Å². The lowest BCUT2D eigenvalue weighted by Gasteiger charge is -2.22. The Bertz CT molecular complexity index is 1160. The topological polar surface area (TPSA) is 95.9 Å². The molecular weight excluding hydrogens is 851 g/mol. The fourth-order valence-electron chi connectivity index (χ4n) is 9.19. The fourth-order valence-corrected chi connectivity index (χ4v) is 9.19. The van der Waals surface area contributed by atoms with Gasteiger partial charge < -0.3 is 20.3 Å². The molecule has 1 amide bonds. The van der Waals surface area contributed by atoms with Gasteiger partial charge in [0.2, 0.25) is 5.91 Å². The average Bonchev–Trinajstić information content (AvgIpc) is 3.35. The summed E-state index contributed by atoms with van der Waals surface area (Å²) in [7, 11) is 0. The second kappa shape index (κ2) is 58.4. The zero-order chi connectivity index (χ0) is 50.0. The Labute approximate surface area is 429 Å². The molecule has 0 bridgehead atoms. The highest BCUT2D eigenvalue weighted by Gasteiger charge is 2.20. The van der Waals surface area contributed by atoms with Crippen LogP contribution in [0.15, 0.2) is 48.6 Å². The molecule has 0 spiro atoms. The van der Waals surface area contributed by atoms with E-state index in [1.165, 1.54) is 199 Å². The molecule has 6 nitrogen and oxygen atoms in total. The maximum absolute atomic E-state index is 12.5. The van der Waals surface area contributed by atoms with Gasteiger partial charge >= 0.3 is 5.97 Å². The first-order valence-electron chi connectivity index (χ1n) is 30.4. The van der Waals surface area contributed by atoms with Crippen molar-refractivity contribution in [3.63, 3.8) is 0 Å². The second-order valence-corrected chi connectivity index (χ2v) is 20.7. The average molecular weight is 969 g/mol. The monoisotopic (exact) mass is 968 g/mol. The Morgan fingerprint density at radius 3 is 1.22 bits per heavy atom. The van der Waals surface area contributed by atoms with Gasteiger partial charge in [0.05, 0.1) is 25.4 Å². The lowest BCUT2D eigenvalue weighted by molar-refractivity contribution is -0.143. The minimum absolute atomic E-state index is 0.0254. The molecule has 3 N–H and O–H groups in total. The summed E-state index contributed by atoms with van der Waals surface area (Å²) in [6, 6.07) is -0.560. The van der Waals surface area contributed by atoms with E-state index in [0.717, 1.165) is 83.5 Å². The van der Waals surface area contributed by atoms with Gasteiger partial charge in [-0.1, -0.05) is 262 Å². The minimum Gasteiger partial charge on any atom is -0.466 e. The van der Waals surface area contributed by atoms with E-state index in [4.69, 9.17) is 4.74 Å². The maximum atomic E-state index is 12.5. The number of carbonyl (C=O) groups is 2. The quantitative estimate of drug-likeness (QED) is 0.0244. The number of carbonyl (C=O) groups excluding carboxylic acids is 2. The smallest absolute Gasteiger partial charge is 0.305 e. The molecular formula is C63H117NO5. The number of aliphatic hydroxyl groups is 2. The summed E-state index contributed by atoms with van der Waals surface area (Å²) in [5, 5.41) is 23.3. The van der Waals surface area contributed by atoms with Crippen LogP contribution in [0.1, 0.15) is 316 Å². The zero-order valence-corrected chi connectivity index (χ0v) is 46.0. The second-order valence-electron chi connectivity index (χ2n) is 20.7. The van der Waals surface area contributed by atoms with Crippen LogP contribution in [0.4, 0.5) is 0 Å². The van der Waals surface area contributed by atoms with Crippen molar-refractivity contribution >= 4 is 11.9 Å². The highest BCUT2D eigenvalue weighted by atomic mass is 16.5. The van der Waals surface area contributed by atoms with Crippen molar-refractivity contribution in [2.75, 3.05) is 13.2 Å². The summed E-state index contributed by atoms with van der Waals surface area (Å²) >= 11 is 0. The molecule has 0 radical (unpaired) electrons. The molecule has 0 saturated carbocycles. The molecule has 2 unspecified atom stereocenters. The predicted molar refractivity (Wildman–Crippen MR) is 301 cm³/mol. The normalized spacial score (nSPS) is 12.9. The largest absolute Gasteiger partial charge is 0.466 e. The first kappa shape index (κ1) is 66.8. The number of hydrogen-bond acceptors (Lipinski definition) is 5. The van der Waals surface area contributed by atoms with Gasteiger partial charge in [-0.25, -0.2) is 0 Å². The van der Waals surface area contributed by atoms with E-state index < -0.39 is 12.1 Å². The Hall–Kier alpha value is -2.18. The van der Waals surface area contributed by atoms with Crippen LogP contribution in [-0.4, -0.2) is 47.4 Å². The standard InChI is InChI=1S/C63H117NO5/c1-3-5-7-9-11-13-15-17-19-21-23-25-29-33-37-41-45-49-53-57-63(68)69-58-54-50-46-42-38-34-30-26-28-32-36-40-44-48-52-56-62(67)64-60(59-65)61(66)55-51-47-43-39-35-31-27-24-22-20-18-16-14-12-10-8-6-4-2/h11,13,17,19,26,30,34,38,60-61,65-66H,3-10,12,14-16,18,20-25,27-29,31-33,35-37,39-59H2,1-2H3,(H,64,67)/b13-11-,19-17-,30-26-,38-34-. The van der Waals surface area contributed by atoms with Gasteiger partial charge in [-0.05, 0) is 89.9 Å². The van der Waals surface area contributed by atoms with Gasteiger partial charge in [0.15, 0.2) is 0 Å². The number of hydrogen-bond donors (Lipinski definition) is 3. The van der Waals surface area contributed by atoms with E-state index in [2.05, 4.69) is 67.8 Å². The fraction of sp³-hybridized carbons (Fsp3) is 0.841. The maximum Gasteiger partial charge on any atom is 0.305 e. The number of esters is 1. The van der Waals surface area contributed by atoms with Crippen LogP contribution in [0.25, 0.3) is 0 Å². The van der Waals surface area contributed by atoms with Crippen molar-refractivity contribution in [2.24, 2.45) is 0 Å². The summed E-state index contributed by atoms with van der Waals surface area (Å²) in [4.78, 5) is 24.6. The summed E-state index contributed by atoms with van der Waals surface area (Å²) in [5.74, 6) is -0.0817. The van der Waals surface area contributed by atoms with Gasteiger partial charge in [0, 0.05) is 12.8 Å². The highest BCUT2D eigenvalue weighted by Crippen LogP contribution is 2.17. The molecule has 0 aliphatic rings. The molecule has 69 heavy (non-hydrogen) atoms. The summed E-state index contributed by atoms with van der Waals surface area (Å²) in [6.45, 7) is 4.88. The lowest BCUT2D eigenvalue weighted by Crippen LogP contribution is -2.45. The third-order valence-electron chi connectivity index (χ3n) is 13.9. The molecule has 0 fully saturated rings. The van der Waals surface area contributed by atoms with E-state index in [9.17, 15) is 19.8 Å². The van der Waals surface area contributed by atoms with E-state index in [0.29, 0.717) is 25.9 Å². The molecule has 0 aromatic rings. The molecule has 0 heterocycles. The van der Waals surface area contributed by atoms with E-state index in [1.807, 2.05) is 0 Å². The van der Waals surface area contributed by atoms with Crippen LogP contribution in [0, 0.1) is 0 Å². The third-order valence-corrected chi connectivity index (χ3v) is 13.9. The summed E-state index contributed by atoms with van der Waals surface area (Å²) in [5.41, 5.74) is 0. The van der Waals surface area contributed by atoms with Crippen molar-refractivity contribution in [3.8, 4) is 0 Å². The summed E-state index contributed by atoms with van der Waals surface area (Å²) < 4.78 is 5.46. The first-order valence-corrected chi connectivity index (χ1v) is 30.4. The van der Waals surface area contributed by atoms with Crippen LogP contribution in [-0.2, 0) is 14.3 Å². The van der Waals surface area contributed by atoms with Gasteiger partial charge in [-0.3, -0.25) is 9.59 Å². The molecule has 0 aliphatic heterocycles. The van der Waals surface area contributed by atoms with Crippen molar-refractivity contribution in [3.05, 3.63) is 48.6 Å². The van der Waals surface area contributed by atoms with Gasteiger partial charge in [0.25, 0.3) is 0 Å². The highest BCUT2D eigenvalue weighted by molar-refractivity contribution is 5.76. The predicted octanol–water partition coefficient (Wildman–Crippen LogP) is 19.0. The molecule has 0 aliphatic carbocycles. The minimum atomic E-state index is -0.680. The molecule has 0 aromatic heterocycles. The van der Waals surface area contributed by atoms with Crippen molar-refractivity contribution < 1.29 is 24.5 Å². The van der Waals surface area contributed by atoms with Crippen LogP contribution in [0.5, 0.6) is 0 Å². The number of rotatable bonds is 56. The lowest BCUT2D eigenvalue weighted by atomic mass is 10.0. The van der Waals surface area contributed by atoms with Crippen LogP contribution in [0.2, 0.25) is 0 Å². The Kier molecular flexibility index (Phi) is 56.5. The van der Waals surface area contributed by atoms with E-state index in [-0.39, 0.29) is 18.5 Å². The van der Waals surface area contributed by atoms with E-state index in [1.54, 1.807) is 0 Å². The van der Waals surface area contributed by atoms with Crippen molar-refractivity contribution in [2.45, 2.75) is 328 Å². The van der Waals surface area contributed by atoms with Crippen molar-refractivity contribution in [1.82, 2.24) is 5.32 Å². The number of nitrogens with one attached hydrogen (secondary N) is 1. The van der Waals surface area contributed by atoms with E-state index >= 15 is 0 Å². The SMILES string of the molecule is CCCCC/C=C\C/C=C\CCCCCCCCCCCC(=O)OCCCCC/C=C\C=C/CCCCCCCCC(=O)NC(CO)C(O)CCCCCCCCCCCCCCCCCCCC. The number of amides is 1. The molecule has 0 saturated heterocycles. The number of unbranched alkanes of at least 4 members (excludes halogenated alkanes) is 38. The van der Waals surface area contributed by atoms with Crippen molar-refractivity contribution in [1.29, 1.82) is 0 Å². The molecule has 6 heteroatoms. The van der Waals surface area contributed by atoms with Crippen LogP contribution >= 0.6 is 0 Å². The Balaban J connectivity index is 3.51. The van der Waals surface area contributed by atoms with Gasteiger partial charge in [-0.2, -0.15) is 0 Å². The first-order chi connectivity index (χ1) is 34.0. The zero-order valence-electron chi connectivity index (χ0n) is 46.0. The number of ether oxygens (including phenoxy) is 1. The third kappa shape index (κ3) is 55.0.